The third-order valence-corrected chi connectivity index (χ3v) is 3.59. The molecule has 0 aliphatic carbocycles. The van der Waals surface area contributed by atoms with E-state index >= 15 is 0 Å². The maximum Gasteiger partial charge on any atom is 0.141 e. The Morgan fingerprint density at radius 3 is 2.67 bits per heavy atom. The van der Waals surface area contributed by atoms with Gasteiger partial charge in [-0.25, -0.2) is 4.39 Å². The largest absolute Gasteiger partial charge is 0.507 e. The summed E-state index contributed by atoms with van der Waals surface area (Å²) in [5, 5.41) is 13.3. The van der Waals surface area contributed by atoms with E-state index in [1.807, 2.05) is 13.0 Å². The van der Waals surface area contributed by atoms with Crippen LogP contribution in [0, 0.1) is 5.82 Å². The molecule has 0 bridgehead atoms. The molecule has 2 N–H and O–H groups in total. The third kappa shape index (κ3) is 3.86. The number of phenolic OH excluding ortho intramolecular Hbond substituents is 1. The average Bonchev–Trinajstić information content (AvgIpc) is 2.48. The first-order chi connectivity index (χ1) is 10.0. The third-order valence-electron chi connectivity index (χ3n) is 3.30. The molecule has 0 fully saturated rings. The van der Waals surface area contributed by atoms with E-state index in [1.54, 1.807) is 31.4 Å². The van der Waals surface area contributed by atoms with Crippen molar-refractivity contribution in [3.05, 3.63) is 58.4 Å². The van der Waals surface area contributed by atoms with Crippen molar-refractivity contribution in [2.45, 2.75) is 19.5 Å². The van der Waals surface area contributed by atoms with Gasteiger partial charge in [-0.3, -0.25) is 0 Å². The molecule has 1 unspecified atom stereocenters. The lowest BCUT2D eigenvalue weighted by molar-refractivity contribution is 0.404. The maximum absolute atomic E-state index is 13.1. The Kier molecular flexibility index (Phi) is 5.04. The highest BCUT2D eigenvalue weighted by atomic mass is 35.5. The molecular formula is C16H17ClFNO2. The number of hydrogen-bond donors (Lipinski definition) is 2. The smallest absolute Gasteiger partial charge is 0.141 e. The predicted octanol–water partition coefficient (Wildman–Crippen LogP) is 4.04. The first kappa shape index (κ1) is 15.6. The van der Waals surface area contributed by atoms with Gasteiger partial charge in [-0.15, -0.1) is 0 Å². The zero-order valence-electron chi connectivity index (χ0n) is 11.9. The van der Waals surface area contributed by atoms with Crippen molar-refractivity contribution in [3.8, 4) is 11.5 Å². The Bertz CT molecular complexity index is 634. The van der Waals surface area contributed by atoms with Crippen molar-refractivity contribution < 1.29 is 14.2 Å². The topological polar surface area (TPSA) is 41.5 Å². The molecular weight excluding hydrogens is 293 g/mol. The number of nitrogens with one attached hydrogen (secondary N) is 1. The van der Waals surface area contributed by atoms with E-state index < -0.39 is 5.82 Å². The molecule has 0 saturated heterocycles. The minimum absolute atomic E-state index is 0.0697. The number of aromatic hydroxyl groups is 1. The molecule has 2 rings (SSSR count). The van der Waals surface area contributed by atoms with E-state index in [2.05, 4.69) is 5.32 Å². The Balaban J connectivity index is 2.04. The van der Waals surface area contributed by atoms with E-state index in [0.717, 1.165) is 11.1 Å². The molecule has 0 aliphatic rings. The van der Waals surface area contributed by atoms with Crippen LogP contribution in [0.3, 0.4) is 0 Å². The van der Waals surface area contributed by atoms with Crippen LogP contribution < -0.4 is 10.1 Å². The number of halogens is 2. The van der Waals surface area contributed by atoms with E-state index in [-0.39, 0.29) is 16.8 Å². The van der Waals surface area contributed by atoms with Crippen LogP contribution in [0.15, 0.2) is 36.4 Å². The van der Waals surface area contributed by atoms with Crippen LogP contribution in [0.4, 0.5) is 4.39 Å². The highest BCUT2D eigenvalue weighted by molar-refractivity contribution is 6.30. The Morgan fingerprint density at radius 2 is 2.05 bits per heavy atom. The normalized spacial score (nSPS) is 12.2. The molecule has 0 heterocycles. The summed E-state index contributed by atoms with van der Waals surface area (Å²) < 4.78 is 18.1. The summed E-state index contributed by atoms with van der Waals surface area (Å²) in [5.41, 5.74) is 1.64. The summed E-state index contributed by atoms with van der Waals surface area (Å²) >= 11 is 5.75. The fourth-order valence-electron chi connectivity index (χ4n) is 2.05. The molecule has 0 radical (unpaired) electrons. The quantitative estimate of drug-likeness (QED) is 0.875. The number of phenols is 1. The highest BCUT2D eigenvalue weighted by Crippen LogP contribution is 2.28. The molecule has 0 aliphatic heterocycles. The molecule has 112 valence electrons. The lowest BCUT2D eigenvalue weighted by Crippen LogP contribution is -2.18. The summed E-state index contributed by atoms with van der Waals surface area (Å²) in [6.07, 6.45) is 0. The maximum atomic E-state index is 13.1. The number of methoxy groups -OCH3 is 1. The van der Waals surface area contributed by atoms with Gasteiger partial charge in [-0.2, -0.15) is 0 Å². The molecule has 2 aromatic carbocycles. The number of ether oxygens (including phenoxy) is 1. The average molecular weight is 310 g/mol. The van der Waals surface area contributed by atoms with E-state index in [1.165, 1.54) is 6.07 Å². The zero-order chi connectivity index (χ0) is 15.4. The Hall–Kier alpha value is -1.78. The van der Waals surface area contributed by atoms with Gasteiger partial charge in [0.25, 0.3) is 0 Å². The predicted molar refractivity (Wildman–Crippen MR) is 81.3 cm³/mol. The SMILES string of the molecule is COc1ccc(C(C)NCc2ccc(F)c(Cl)c2)c(O)c1. The van der Waals surface area contributed by atoms with Gasteiger partial charge in [0, 0.05) is 24.2 Å². The summed E-state index contributed by atoms with van der Waals surface area (Å²) in [5.74, 6) is 0.349. The van der Waals surface area contributed by atoms with E-state index in [4.69, 9.17) is 16.3 Å². The number of benzene rings is 2. The molecule has 0 spiro atoms. The minimum Gasteiger partial charge on any atom is -0.507 e. The van der Waals surface area contributed by atoms with Gasteiger partial charge in [0.1, 0.15) is 17.3 Å². The standard InChI is InChI=1S/C16H17ClFNO2/c1-10(13-5-4-12(21-2)8-16(13)20)19-9-11-3-6-15(18)14(17)7-11/h3-8,10,19-20H,9H2,1-2H3. The Morgan fingerprint density at radius 1 is 1.29 bits per heavy atom. The second-order valence-electron chi connectivity index (χ2n) is 4.78. The van der Waals surface area contributed by atoms with Crippen LogP contribution in [0.1, 0.15) is 24.1 Å². The van der Waals surface area contributed by atoms with Crippen LogP contribution in [-0.2, 0) is 6.54 Å². The number of rotatable bonds is 5. The molecule has 0 aromatic heterocycles. The molecule has 3 nitrogen and oxygen atoms in total. The van der Waals surface area contributed by atoms with Crippen molar-refractivity contribution in [1.29, 1.82) is 0 Å². The van der Waals surface area contributed by atoms with Crippen LogP contribution in [0.2, 0.25) is 5.02 Å². The van der Waals surface area contributed by atoms with Crippen molar-refractivity contribution in [2.75, 3.05) is 7.11 Å². The molecule has 0 amide bonds. The lowest BCUT2D eigenvalue weighted by Gasteiger charge is -2.16. The van der Waals surface area contributed by atoms with Crippen molar-refractivity contribution in [1.82, 2.24) is 5.32 Å². The first-order valence-corrected chi connectivity index (χ1v) is 6.93. The Labute approximate surface area is 128 Å². The van der Waals surface area contributed by atoms with Gasteiger partial charge in [-0.05, 0) is 30.7 Å². The van der Waals surface area contributed by atoms with Crippen molar-refractivity contribution in [3.63, 3.8) is 0 Å². The van der Waals surface area contributed by atoms with Crippen molar-refractivity contribution >= 4 is 11.6 Å². The molecule has 1 atom stereocenters. The van der Waals surface area contributed by atoms with Gasteiger partial charge in [-0.1, -0.05) is 23.7 Å². The first-order valence-electron chi connectivity index (χ1n) is 6.55. The van der Waals surface area contributed by atoms with Crippen LogP contribution >= 0.6 is 11.6 Å². The molecule has 5 heteroatoms. The van der Waals surface area contributed by atoms with Gasteiger partial charge in [0.05, 0.1) is 12.1 Å². The highest BCUT2D eigenvalue weighted by Gasteiger charge is 2.11. The summed E-state index contributed by atoms with van der Waals surface area (Å²) in [6, 6.07) is 9.71. The minimum atomic E-state index is -0.429. The van der Waals surface area contributed by atoms with E-state index in [9.17, 15) is 9.50 Å². The second kappa shape index (κ2) is 6.78. The van der Waals surface area contributed by atoms with Crippen LogP contribution in [0.5, 0.6) is 11.5 Å². The second-order valence-corrected chi connectivity index (χ2v) is 5.18. The fraction of sp³-hybridized carbons (Fsp3) is 0.250. The van der Waals surface area contributed by atoms with Gasteiger partial charge < -0.3 is 15.2 Å². The van der Waals surface area contributed by atoms with Gasteiger partial charge in [0.2, 0.25) is 0 Å². The van der Waals surface area contributed by atoms with Crippen LogP contribution in [-0.4, -0.2) is 12.2 Å². The zero-order valence-corrected chi connectivity index (χ0v) is 12.6. The molecule has 21 heavy (non-hydrogen) atoms. The fourth-order valence-corrected chi connectivity index (χ4v) is 2.25. The van der Waals surface area contributed by atoms with E-state index in [0.29, 0.717) is 12.3 Å². The monoisotopic (exact) mass is 309 g/mol. The van der Waals surface area contributed by atoms with Gasteiger partial charge in [0.15, 0.2) is 0 Å². The van der Waals surface area contributed by atoms with Crippen LogP contribution in [0.25, 0.3) is 0 Å². The number of hydrogen-bond acceptors (Lipinski definition) is 3. The van der Waals surface area contributed by atoms with Crippen molar-refractivity contribution in [2.24, 2.45) is 0 Å². The molecule has 2 aromatic rings. The lowest BCUT2D eigenvalue weighted by atomic mass is 10.1. The summed E-state index contributed by atoms with van der Waals surface area (Å²) in [7, 11) is 1.55. The van der Waals surface area contributed by atoms with Gasteiger partial charge >= 0.3 is 0 Å². The molecule has 0 saturated carbocycles. The summed E-state index contributed by atoms with van der Waals surface area (Å²) in [6.45, 7) is 2.46. The summed E-state index contributed by atoms with van der Waals surface area (Å²) in [4.78, 5) is 0.